The van der Waals surface area contributed by atoms with Crippen molar-refractivity contribution >= 4 is 29.3 Å². The molecule has 3 rings (SSSR count). The summed E-state index contributed by atoms with van der Waals surface area (Å²) in [5.41, 5.74) is 2.32. The minimum absolute atomic E-state index is 0.0848. The van der Waals surface area contributed by atoms with Gasteiger partial charge in [0.05, 0.1) is 5.75 Å². The van der Waals surface area contributed by atoms with E-state index in [1.807, 2.05) is 35.8 Å². The van der Waals surface area contributed by atoms with Crippen LogP contribution in [0.5, 0.6) is 5.75 Å². The first-order valence-corrected chi connectivity index (χ1v) is 12.5. The van der Waals surface area contributed by atoms with Crippen LogP contribution in [0.25, 0.3) is 0 Å². The summed E-state index contributed by atoms with van der Waals surface area (Å²) < 4.78 is 8.06. The Morgan fingerprint density at radius 3 is 2.47 bits per heavy atom. The van der Waals surface area contributed by atoms with E-state index in [4.69, 9.17) is 16.3 Å². The molecule has 0 aliphatic rings. The summed E-state index contributed by atoms with van der Waals surface area (Å²) in [6.45, 7) is 13.3. The summed E-state index contributed by atoms with van der Waals surface area (Å²) in [4.78, 5) is 12.3. The summed E-state index contributed by atoms with van der Waals surface area (Å²) in [5, 5.41) is 12.9. The lowest BCUT2D eigenvalue weighted by Crippen LogP contribution is -2.24. The maximum absolute atomic E-state index is 12.3. The Bertz CT molecular complexity index is 1110. The van der Waals surface area contributed by atoms with Crippen LogP contribution < -0.4 is 10.1 Å². The highest BCUT2D eigenvalue weighted by Gasteiger charge is 2.20. The number of halogens is 1. The molecule has 0 bridgehead atoms. The molecule has 0 saturated heterocycles. The molecule has 0 aliphatic heterocycles. The topological polar surface area (TPSA) is 69.0 Å². The van der Waals surface area contributed by atoms with E-state index in [0.29, 0.717) is 29.1 Å². The van der Waals surface area contributed by atoms with Crippen molar-refractivity contribution in [2.24, 2.45) is 0 Å². The van der Waals surface area contributed by atoms with E-state index in [0.717, 1.165) is 11.3 Å². The number of hydrogen-bond acceptors (Lipinski definition) is 5. The lowest BCUT2D eigenvalue weighted by molar-refractivity contribution is -0.118. The van der Waals surface area contributed by atoms with Crippen LogP contribution in [0.2, 0.25) is 5.02 Å². The molecule has 180 valence electrons. The second-order valence-corrected chi connectivity index (χ2v) is 10.3. The lowest BCUT2D eigenvalue weighted by Gasteiger charge is -2.20. The molecule has 1 N–H and O–H groups in total. The first-order chi connectivity index (χ1) is 16.2. The number of nitrogens with one attached hydrogen (secondary N) is 1. The number of aromatic nitrogens is 3. The molecule has 8 heteroatoms. The number of carbonyl (C=O) groups is 1. The van der Waals surface area contributed by atoms with Gasteiger partial charge in [0.2, 0.25) is 5.91 Å². The van der Waals surface area contributed by atoms with Crippen molar-refractivity contribution in [1.29, 1.82) is 0 Å². The molecule has 0 aliphatic carbocycles. The van der Waals surface area contributed by atoms with Crippen molar-refractivity contribution in [2.75, 3.05) is 5.75 Å². The fourth-order valence-electron chi connectivity index (χ4n) is 3.28. The van der Waals surface area contributed by atoms with Crippen molar-refractivity contribution in [2.45, 2.75) is 57.5 Å². The van der Waals surface area contributed by atoms with Gasteiger partial charge in [0.1, 0.15) is 5.75 Å². The standard InChI is InChI=1S/C26H31ClN4O2S/c1-6-15-31-24(18(2)33-22-13-9-20(10-14-22)26(3,4)5)29-30-25(31)34-17-23(32)28-16-19-7-11-21(27)12-8-19/h6-14,18H,1,15-17H2,2-5H3,(H,28,32). The smallest absolute Gasteiger partial charge is 0.230 e. The number of allylic oxidation sites excluding steroid dienone is 1. The first-order valence-electron chi connectivity index (χ1n) is 11.1. The van der Waals surface area contributed by atoms with E-state index >= 15 is 0 Å². The van der Waals surface area contributed by atoms with Crippen molar-refractivity contribution in [3.05, 3.63) is 83.2 Å². The quantitative estimate of drug-likeness (QED) is 0.276. The van der Waals surface area contributed by atoms with E-state index in [1.54, 1.807) is 18.2 Å². The Morgan fingerprint density at radius 1 is 1.18 bits per heavy atom. The molecule has 0 saturated carbocycles. The minimum Gasteiger partial charge on any atom is -0.483 e. The van der Waals surface area contributed by atoms with E-state index in [9.17, 15) is 4.79 Å². The summed E-state index contributed by atoms with van der Waals surface area (Å²) in [5.74, 6) is 1.60. The van der Waals surface area contributed by atoms with Gasteiger partial charge in [0.15, 0.2) is 17.1 Å². The first kappa shape index (κ1) is 25.8. The molecule has 1 amide bonds. The van der Waals surface area contributed by atoms with Gasteiger partial charge in [-0.2, -0.15) is 0 Å². The van der Waals surface area contributed by atoms with E-state index in [2.05, 4.69) is 55.0 Å². The van der Waals surface area contributed by atoms with Gasteiger partial charge in [0.25, 0.3) is 0 Å². The van der Waals surface area contributed by atoms with E-state index in [1.165, 1.54) is 17.3 Å². The van der Waals surface area contributed by atoms with E-state index in [-0.39, 0.29) is 23.2 Å². The molecule has 1 unspecified atom stereocenters. The molecular formula is C26H31ClN4O2S. The largest absolute Gasteiger partial charge is 0.483 e. The second-order valence-electron chi connectivity index (χ2n) is 8.97. The van der Waals surface area contributed by atoms with Crippen LogP contribution in [0.4, 0.5) is 0 Å². The van der Waals surface area contributed by atoms with Crippen molar-refractivity contribution in [3.8, 4) is 5.75 Å². The Balaban J connectivity index is 1.61. The summed E-state index contributed by atoms with van der Waals surface area (Å²) in [6.07, 6.45) is 1.46. The zero-order valence-electron chi connectivity index (χ0n) is 20.0. The summed E-state index contributed by atoms with van der Waals surface area (Å²) in [7, 11) is 0. The summed E-state index contributed by atoms with van der Waals surface area (Å²) >= 11 is 7.24. The predicted octanol–water partition coefficient (Wildman–Crippen LogP) is 5.96. The molecule has 34 heavy (non-hydrogen) atoms. The highest BCUT2D eigenvalue weighted by molar-refractivity contribution is 7.99. The van der Waals surface area contributed by atoms with Gasteiger partial charge >= 0.3 is 0 Å². The van der Waals surface area contributed by atoms with E-state index < -0.39 is 0 Å². The molecule has 1 aromatic heterocycles. The third-order valence-electron chi connectivity index (χ3n) is 5.19. The molecule has 1 atom stereocenters. The fourth-order valence-corrected chi connectivity index (χ4v) is 4.19. The molecular weight excluding hydrogens is 468 g/mol. The van der Waals surface area contributed by atoms with Gasteiger partial charge in [-0.3, -0.25) is 9.36 Å². The Kier molecular flexibility index (Phi) is 8.80. The average molecular weight is 499 g/mol. The molecule has 0 fully saturated rings. The molecule has 0 radical (unpaired) electrons. The highest BCUT2D eigenvalue weighted by atomic mass is 35.5. The lowest BCUT2D eigenvalue weighted by atomic mass is 9.87. The zero-order valence-corrected chi connectivity index (χ0v) is 21.6. The maximum Gasteiger partial charge on any atom is 0.230 e. The van der Waals surface area contributed by atoms with Gasteiger partial charge in [-0.25, -0.2) is 0 Å². The monoisotopic (exact) mass is 498 g/mol. The molecule has 6 nitrogen and oxygen atoms in total. The minimum atomic E-state index is -0.319. The SMILES string of the molecule is C=CCn1c(SCC(=O)NCc2ccc(Cl)cc2)nnc1C(C)Oc1ccc(C(C)(C)C)cc1. The van der Waals surface area contributed by atoms with Crippen LogP contribution in [0.15, 0.2) is 66.3 Å². The van der Waals surface area contributed by atoms with Crippen LogP contribution in [-0.4, -0.2) is 26.4 Å². The predicted molar refractivity (Wildman–Crippen MR) is 138 cm³/mol. The number of hydrogen-bond donors (Lipinski definition) is 1. The second kappa shape index (κ2) is 11.6. The van der Waals surface area contributed by atoms with Crippen molar-refractivity contribution < 1.29 is 9.53 Å². The van der Waals surface area contributed by atoms with Crippen LogP contribution in [0.1, 0.15) is 50.8 Å². The number of carbonyl (C=O) groups excluding carboxylic acids is 1. The average Bonchev–Trinajstić information content (AvgIpc) is 3.20. The fraction of sp³-hybridized carbons (Fsp3) is 0.346. The number of thioether (sulfide) groups is 1. The number of rotatable bonds is 10. The van der Waals surface area contributed by atoms with Gasteiger partial charge in [-0.15, -0.1) is 16.8 Å². The van der Waals surface area contributed by atoms with Gasteiger partial charge in [-0.05, 0) is 47.7 Å². The zero-order chi connectivity index (χ0) is 24.7. The molecule has 2 aromatic carbocycles. The molecule has 1 heterocycles. The number of nitrogens with zero attached hydrogens (tertiary/aromatic N) is 3. The van der Waals surface area contributed by atoms with Crippen LogP contribution >= 0.6 is 23.4 Å². The van der Waals surface area contributed by atoms with Crippen LogP contribution in [-0.2, 0) is 23.3 Å². The normalized spacial score (nSPS) is 12.3. The third-order valence-corrected chi connectivity index (χ3v) is 6.41. The third kappa shape index (κ3) is 7.11. The number of benzene rings is 2. The number of ether oxygens (including phenoxy) is 1. The Morgan fingerprint density at radius 2 is 1.85 bits per heavy atom. The maximum atomic E-state index is 12.3. The van der Waals surface area contributed by atoms with Gasteiger partial charge in [-0.1, -0.05) is 74.5 Å². The molecule has 3 aromatic rings. The Hall–Kier alpha value is -2.77. The van der Waals surface area contributed by atoms with Crippen LogP contribution in [0.3, 0.4) is 0 Å². The number of amides is 1. The Labute approximate surface area is 210 Å². The van der Waals surface area contributed by atoms with Crippen molar-refractivity contribution in [3.63, 3.8) is 0 Å². The highest BCUT2D eigenvalue weighted by Crippen LogP contribution is 2.28. The van der Waals surface area contributed by atoms with Crippen LogP contribution in [0, 0.1) is 0 Å². The summed E-state index contributed by atoms with van der Waals surface area (Å²) in [6, 6.07) is 15.5. The van der Waals surface area contributed by atoms with Gasteiger partial charge in [0, 0.05) is 18.1 Å². The van der Waals surface area contributed by atoms with Gasteiger partial charge < -0.3 is 10.1 Å². The molecule has 0 spiro atoms. The van der Waals surface area contributed by atoms with Crippen molar-refractivity contribution in [1.82, 2.24) is 20.1 Å².